The molecule has 0 aliphatic heterocycles. The van der Waals surface area contributed by atoms with Gasteiger partial charge in [-0.15, -0.1) is 0 Å². The van der Waals surface area contributed by atoms with Crippen LogP contribution < -0.4 is 10.5 Å². The molecule has 2 aromatic rings. The van der Waals surface area contributed by atoms with Crippen LogP contribution in [0, 0.1) is 20.2 Å². The average Bonchev–Trinajstić information content (AvgIpc) is 2.70. The first-order valence-electron chi connectivity index (χ1n) is 8.11. The fourth-order valence-corrected chi connectivity index (χ4v) is 2.28. The number of rotatable bonds is 9. The molecule has 0 fully saturated rings. The van der Waals surface area contributed by atoms with E-state index < -0.39 is 51.6 Å². The van der Waals surface area contributed by atoms with Crippen molar-refractivity contribution in [1.82, 2.24) is 0 Å². The fourth-order valence-electron chi connectivity index (χ4n) is 2.15. The zero-order valence-electron chi connectivity index (χ0n) is 15.1. The van der Waals surface area contributed by atoms with Gasteiger partial charge in [-0.05, 0) is 24.3 Å². The lowest BCUT2D eigenvalue weighted by atomic mass is 10.1. The van der Waals surface area contributed by atoms with Gasteiger partial charge in [-0.2, -0.15) is 0 Å². The molecule has 0 aromatic heterocycles. The summed E-state index contributed by atoms with van der Waals surface area (Å²) in [6.07, 6.45) is -2.30. The maximum atomic E-state index is 12.4. The highest BCUT2D eigenvalue weighted by molar-refractivity contribution is 6.30. The third-order valence-electron chi connectivity index (χ3n) is 3.49. The minimum absolute atomic E-state index is 0.280. The highest BCUT2D eigenvalue weighted by atomic mass is 35.5. The van der Waals surface area contributed by atoms with E-state index in [9.17, 15) is 29.8 Å². The number of esters is 1. The number of ether oxygens (including phenoxy) is 3. The van der Waals surface area contributed by atoms with Crippen molar-refractivity contribution in [2.45, 2.75) is 6.10 Å². The predicted molar refractivity (Wildman–Crippen MR) is 101 cm³/mol. The lowest BCUT2D eigenvalue weighted by molar-refractivity contribution is -0.394. The molecule has 0 radical (unpaired) electrons. The Morgan fingerprint density at radius 2 is 1.57 bits per heavy atom. The maximum Gasteiger partial charge on any atom is 0.404 e. The Morgan fingerprint density at radius 3 is 2.07 bits per heavy atom. The lowest BCUT2D eigenvalue weighted by Crippen LogP contribution is -2.32. The molecule has 0 unspecified atom stereocenters. The van der Waals surface area contributed by atoms with Crippen molar-refractivity contribution in [3.05, 3.63) is 73.3 Å². The van der Waals surface area contributed by atoms with Crippen molar-refractivity contribution in [3.8, 4) is 5.75 Å². The van der Waals surface area contributed by atoms with Gasteiger partial charge in [0.1, 0.15) is 19.0 Å². The third-order valence-corrected chi connectivity index (χ3v) is 3.75. The predicted octanol–water partition coefficient (Wildman–Crippen LogP) is 2.86. The number of benzene rings is 2. The second-order valence-electron chi connectivity index (χ2n) is 5.67. The summed E-state index contributed by atoms with van der Waals surface area (Å²) in [4.78, 5) is 43.4. The molecule has 0 aliphatic rings. The summed E-state index contributed by atoms with van der Waals surface area (Å²) in [5.74, 6) is -0.759. The number of nitro groups is 2. The number of non-ortho nitro benzene ring substituents is 2. The molecule has 1 amide bonds. The van der Waals surface area contributed by atoms with Crippen LogP contribution in [-0.2, 0) is 9.47 Å². The first-order chi connectivity index (χ1) is 14.2. The van der Waals surface area contributed by atoms with Crippen LogP contribution in [0.4, 0.5) is 16.2 Å². The van der Waals surface area contributed by atoms with E-state index in [0.717, 1.165) is 12.1 Å². The highest BCUT2D eigenvalue weighted by Gasteiger charge is 2.24. The maximum absolute atomic E-state index is 12.4. The van der Waals surface area contributed by atoms with Crippen LogP contribution in [0.25, 0.3) is 0 Å². The van der Waals surface area contributed by atoms with E-state index in [-0.39, 0.29) is 6.61 Å². The summed E-state index contributed by atoms with van der Waals surface area (Å²) in [6.45, 7) is -0.761. The molecule has 0 bridgehead atoms. The molecule has 2 N–H and O–H groups in total. The van der Waals surface area contributed by atoms with Crippen molar-refractivity contribution in [1.29, 1.82) is 0 Å². The smallest absolute Gasteiger partial charge is 0.404 e. The number of carbonyl (C=O) groups is 2. The molecule has 1 atom stereocenters. The van der Waals surface area contributed by atoms with Crippen LogP contribution in [0.2, 0.25) is 5.02 Å². The first-order valence-corrected chi connectivity index (χ1v) is 8.49. The van der Waals surface area contributed by atoms with Crippen molar-refractivity contribution in [2.24, 2.45) is 5.73 Å². The van der Waals surface area contributed by atoms with Crippen LogP contribution in [0.3, 0.4) is 0 Å². The molecule has 12 nitrogen and oxygen atoms in total. The molecular weight excluding hydrogens is 426 g/mol. The minimum Gasteiger partial charge on any atom is -0.490 e. The Labute approximate surface area is 173 Å². The average molecular weight is 440 g/mol. The normalized spacial score (nSPS) is 11.2. The highest BCUT2D eigenvalue weighted by Crippen LogP contribution is 2.23. The number of amides is 1. The quantitative estimate of drug-likeness (QED) is 0.349. The summed E-state index contributed by atoms with van der Waals surface area (Å²) in [5, 5.41) is 22.4. The standard InChI is InChI=1S/C17H14ClN3O9/c18-11-1-3-14(4-2-11)28-8-15(9-29-17(19)23)30-16(22)10-5-12(20(24)25)7-13(6-10)21(26)27/h1-7,15H,8-9H2,(H2,19,23)/t15-/m0/s1. The van der Waals surface area contributed by atoms with E-state index >= 15 is 0 Å². The van der Waals surface area contributed by atoms with Crippen molar-refractivity contribution in [2.75, 3.05) is 13.2 Å². The molecule has 0 saturated heterocycles. The lowest BCUT2D eigenvalue weighted by Gasteiger charge is -2.18. The van der Waals surface area contributed by atoms with Gasteiger partial charge in [-0.1, -0.05) is 11.6 Å². The molecule has 2 rings (SSSR count). The molecule has 0 heterocycles. The van der Waals surface area contributed by atoms with Crippen LogP contribution in [-0.4, -0.2) is 41.2 Å². The summed E-state index contributed by atoms with van der Waals surface area (Å²) >= 11 is 5.77. The van der Waals surface area contributed by atoms with Crippen LogP contribution in [0.15, 0.2) is 42.5 Å². The van der Waals surface area contributed by atoms with Crippen molar-refractivity contribution in [3.63, 3.8) is 0 Å². The van der Waals surface area contributed by atoms with Gasteiger partial charge in [-0.25, -0.2) is 9.59 Å². The first kappa shape index (κ1) is 22.4. The van der Waals surface area contributed by atoms with Gasteiger partial charge in [0.2, 0.25) is 0 Å². The van der Waals surface area contributed by atoms with E-state index in [2.05, 4.69) is 4.74 Å². The SMILES string of the molecule is NC(=O)OC[C@H](COc1ccc(Cl)cc1)OC(=O)c1cc([N+](=O)[O-])cc([N+](=O)[O-])c1. The number of hydrogen-bond donors (Lipinski definition) is 1. The summed E-state index contributed by atoms with van der Waals surface area (Å²) in [5.41, 5.74) is 3.13. The largest absolute Gasteiger partial charge is 0.490 e. The Balaban J connectivity index is 2.17. The second kappa shape index (κ2) is 10.0. The van der Waals surface area contributed by atoms with Crippen LogP contribution in [0.5, 0.6) is 5.75 Å². The Kier molecular flexibility index (Phi) is 7.47. The van der Waals surface area contributed by atoms with E-state index in [0.29, 0.717) is 16.8 Å². The van der Waals surface area contributed by atoms with Crippen molar-refractivity contribution >= 4 is 35.0 Å². The second-order valence-corrected chi connectivity index (χ2v) is 6.11. The van der Waals surface area contributed by atoms with Crippen molar-refractivity contribution < 1.29 is 33.6 Å². The zero-order chi connectivity index (χ0) is 22.3. The van der Waals surface area contributed by atoms with E-state index in [4.69, 9.17) is 26.8 Å². The van der Waals surface area contributed by atoms with Gasteiger partial charge in [0.15, 0.2) is 6.10 Å². The minimum atomic E-state index is -1.17. The Hall–Kier alpha value is -3.93. The van der Waals surface area contributed by atoms with Gasteiger partial charge >= 0.3 is 12.1 Å². The number of halogens is 1. The number of primary amides is 1. The molecule has 0 spiro atoms. The molecule has 2 aromatic carbocycles. The molecule has 0 saturated carbocycles. The van der Waals surface area contributed by atoms with Crippen LogP contribution in [0.1, 0.15) is 10.4 Å². The van der Waals surface area contributed by atoms with Gasteiger partial charge in [-0.3, -0.25) is 20.2 Å². The third kappa shape index (κ3) is 6.60. The topological polar surface area (TPSA) is 174 Å². The Bertz CT molecular complexity index is 933. The monoisotopic (exact) mass is 439 g/mol. The zero-order valence-corrected chi connectivity index (χ0v) is 15.8. The molecule has 30 heavy (non-hydrogen) atoms. The number of nitro benzene ring substituents is 2. The van der Waals surface area contributed by atoms with Crippen LogP contribution >= 0.6 is 11.6 Å². The van der Waals surface area contributed by atoms with E-state index in [1.165, 1.54) is 0 Å². The number of hydrogen-bond acceptors (Lipinski definition) is 9. The number of nitrogens with two attached hydrogens (primary N) is 1. The van der Waals surface area contributed by atoms with Gasteiger partial charge < -0.3 is 19.9 Å². The number of nitrogens with zero attached hydrogens (tertiary/aromatic N) is 2. The van der Waals surface area contributed by atoms with Gasteiger partial charge in [0.05, 0.1) is 21.5 Å². The molecular formula is C17H14ClN3O9. The van der Waals surface area contributed by atoms with Gasteiger partial charge in [0.25, 0.3) is 11.4 Å². The number of carbonyl (C=O) groups excluding carboxylic acids is 2. The van der Waals surface area contributed by atoms with E-state index in [1.807, 2.05) is 0 Å². The fraction of sp³-hybridized carbons (Fsp3) is 0.176. The summed E-state index contributed by atoms with van der Waals surface area (Å²) in [7, 11) is 0. The summed E-state index contributed by atoms with van der Waals surface area (Å²) < 4.78 is 15.2. The summed E-state index contributed by atoms with van der Waals surface area (Å²) in [6, 6.07) is 8.54. The molecule has 0 aliphatic carbocycles. The molecule has 158 valence electrons. The Morgan fingerprint density at radius 1 is 1.00 bits per heavy atom. The molecule has 13 heteroatoms. The van der Waals surface area contributed by atoms with Gasteiger partial charge in [0, 0.05) is 17.2 Å². The van der Waals surface area contributed by atoms with E-state index in [1.54, 1.807) is 24.3 Å².